The van der Waals surface area contributed by atoms with Crippen molar-refractivity contribution in [2.75, 3.05) is 19.8 Å². The van der Waals surface area contributed by atoms with E-state index >= 15 is 0 Å². The Balaban J connectivity index is 5.36. The molecule has 0 aliphatic rings. The van der Waals surface area contributed by atoms with E-state index < -0.39 is 45.8 Å². The lowest BCUT2D eigenvalue weighted by atomic mass is 10.4. The zero-order valence-electron chi connectivity index (χ0n) is 16.7. The predicted octanol–water partition coefficient (Wildman–Crippen LogP) is 1.99. The summed E-state index contributed by atoms with van der Waals surface area (Å²) in [7, 11) is -2.28. The summed E-state index contributed by atoms with van der Waals surface area (Å²) in [5.41, 5.74) is 0. The van der Waals surface area contributed by atoms with Gasteiger partial charge in [0.2, 0.25) is 0 Å². The molecular formula is C18H33O9P. The molecule has 164 valence electrons. The van der Waals surface area contributed by atoms with Crippen molar-refractivity contribution < 1.29 is 43.1 Å². The molecule has 6 unspecified atom stereocenters. The first-order valence-electron chi connectivity index (χ1n) is 8.78. The van der Waals surface area contributed by atoms with Gasteiger partial charge in [-0.3, -0.25) is 13.6 Å². The minimum absolute atomic E-state index is 0.109. The van der Waals surface area contributed by atoms with Crippen molar-refractivity contribution in [2.45, 2.75) is 58.0 Å². The first kappa shape index (κ1) is 27.3. The van der Waals surface area contributed by atoms with Crippen molar-refractivity contribution in [3.63, 3.8) is 0 Å². The fourth-order valence-corrected chi connectivity index (χ4v) is 2.96. The molecule has 0 rings (SSSR count). The summed E-state index contributed by atoms with van der Waals surface area (Å²) in [6.45, 7) is 15.3. The number of aliphatic hydroxyl groups is 3. The first-order valence-corrected chi connectivity index (χ1v) is 9.88. The van der Waals surface area contributed by atoms with Gasteiger partial charge in [0.15, 0.2) is 18.9 Å². The molecule has 0 heterocycles. The quantitative estimate of drug-likeness (QED) is 0.173. The summed E-state index contributed by atoms with van der Waals surface area (Å²) in [6, 6.07) is 0. The van der Waals surface area contributed by atoms with E-state index in [1.54, 1.807) is 0 Å². The zero-order valence-corrected chi connectivity index (χ0v) is 17.6. The lowest BCUT2D eigenvalue weighted by Crippen LogP contribution is -2.34. The Kier molecular flexibility index (Phi) is 15.7. The van der Waals surface area contributed by atoms with Gasteiger partial charge in [0.05, 0.1) is 19.8 Å². The maximum atomic E-state index is 9.88. The molecule has 6 atom stereocenters. The number of rotatable bonds is 18. The van der Waals surface area contributed by atoms with Crippen LogP contribution in [0.2, 0.25) is 0 Å². The van der Waals surface area contributed by atoms with Gasteiger partial charge in [0.25, 0.3) is 0 Å². The summed E-state index contributed by atoms with van der Waals surface area (Å²) < 4.78 is 32.9. The molecular weight excluding hydrogens is 391 g/mol. The minimum Gasteiger partial charge on any atom is -0.388 e. The van der Waals surface area contributed by atoms with Crippen molar-refractivity contribution in [2.24, 2.45) is 0 Å². The van der Waals surface area contributed by atoms with Crippen LogP contribution < -0.4 is 0 Å². The van der Waals surface area contributed by atoms with E-state index in [2.05, 4.69) is 19.7 Å². The molecule has 0 aromatic rings. The van der Waals surface area contributed by atoms with E-state index in [0.29, 0.717) is 0 Å². The van der Waals surface area contributed by atoms with Gasteiger partial charge < -0.3 is 29.5 Å². The summed E-state index contributed by atoms with van der Waals surface area (Å²) in [5, 5.41) is 29.7. The molecule has 10 heteroatoms. The maximum Gasteiger partial charge on any atom is 0.340 e. The van der Waals surface area contributed by atoms with Crippen LogP contribution in [0.1, 0.15) is 20.8 Å². The average molecular weight is 424 g/mol. The van der Waals surface area contributed by atoms with Crippen LogP contribution in [-0.2, 0) is 27.8 Å². The van der Waals surface area contributed by atoms with Crippen molar-refractivity contribution in [3.8, 4) is 0 Å². The Hall–Kier alpha value is -0.710. The molecule has 0 radical (unpaired) electrons. The maximum absolute atomic E-state index is 9.88. The summed E-state index contributed by atoms with van der Waals surface area (Å²) in [5.74, 6) is 0. The topological polar surface area (TPSA) is 116 Å². The van der Waals surface area contributed by atoms with Crippen LogP contribution in [-0.4, -0.2) is 72.3 Å². The van der Waals surface area contributed by atoms with Crippen LogP contribution in [0.3, 0.4) is 0 Å². The molecule has 0 bridgehead atoms. The van der Waals surface area contributed by atoms with Crippen LogP contribution in [0.4, 0.5) is 0 Å². The number of hydrogen-bond acceptors (Lipinski definition) is 9. The second-order valence-corrected chi connectivity index (χ2v) is 6.81. The van der Waals surface area contributed by atoms with E-state index in [0.717, 1.165) is 0 Å². The molecule has 0 aromatic carbocycles. The van der Waals surface area contributed by atoms with Crippen molar-refractivity contribution in [3.05, 3.63) is 38.0 Å². The Labute approximate surface area is 168 Å². The molecule has 0 saturated carbocycles. The smallest absolute Gasteiger partial charge is 0.340 e. The van der Waals surface area contributed by atoms with Gasteiger partial charge in [-0.25, -0.2) is 0 Å². The highest BCUT2D eigenvalue weighted by atomic mass is 31.2. The van der Waals surface area contributed by atoms with Crippen molar-refractivity contribution in [1.29, 1.82) is 0 Å². The standard InChI is InChI=1S/C18H33O9P/c1-7-10-22-16(13(4)19)25-28(26-17(14(5)20)23-11-8-2)27-18(15(6)21)24-12-9-3/h7-9,13-21H,1-3,10-12H2,4-6H3. The first-order chi connectivity index (χ1) is 13.3. The Bertz CT molecular complexity index is 369. The van der Waals surface area contributed by atoms with Crippen LogP contribution in [0.25, 0.3) is 0 Å². The molecule has 0 aromatic heterocycles. The molecule has 0 spiro atoms. The SMILES string of the molecule is C=CCOC(OP(OC(OCC=C)C(C)O)OC(OCC=C)C(C)O)C(C)O. The third-order valence-corrected chi connectivity index (χ3v) is 4.03. The van der Waals surface area contributed by atoms with Crippen LogP contribution >= 0.6 is 8.60 Å². The van der Waals surface area contributed by atoms with Gasteiger partial charge in [0, 0.05) is 0 Å². The van der Waals surface area contributed by atoms with Crippen molar-refractivity contribution >= 4 is 8.60 Å². The van der Waals surface area contributed by atoms with Gasteiger partial charge in [-0.2, -0.15) is 0 Å². The number of aliphatic hydroxyl groups excluding tert-OH is 3. The second kappa shape index (κ2) is 16.1. The third kappa shape index (κ3) is 12.0. The Morgan fingerprint density at radius 2 is 0.893 bits per heavy atom. The molecule has 0 amide bonds. The van der Waals surface area contributed by atoms with E-state index in [1.165, 1.54) is 39.0 Å². The zero-order chi connectivity index (χ0) is 21.5. The summed E-state index contributed by atoms with van der Waals surface area (Å²) in [6.07, 6.45) is -1.99. The largest absolute Gasteiger partial charge is 0.388 e. The van der Waals surface area contributed by atoms with Crippen LogP contribution in [0.15, 0.2) is 38.0 Å². The van der Waals surface area contributed by atoms with E-state index in [9.17, 15) is 15.3 Å². The van der Waals surface area contributed by atoms with E-state index in [4.69, 9.17) is 27.8 Å². The van der Waals surface area contributed by atoms with Crippen LogP contribution in [0, 0.1) is 0 Å². The highest BCUT2D eigenvalue weighted by Gasteiger charge is 2.33. The molecule has 3 N–H and O–H groups in total. The predicted molar refractivity (Wildman–Crippen MR) is 105 cm³/mol. The van der Waals surface area contributed by atoms with Crippen LogP contribution in [0.5, 0.6) is 0 Å². The highest BCUT2D eigenvalue weighted by Crippen LogP contribution is 2.45. The molecule has 28 heavy (non-hydrogen) atoms. The molecule has 9 nitrogen and oxygen atoms in total. The normalized spacial score (nSPS) is 19.1. The molecule has 0 fully saturated rings. The van der Waals surface area contributed by atoms with Gasteiger partial charge in [0.1, 0.15) is 18.3 Å². The van der Waals surface area contributed by atoms with Gasteiger partial charge >= 0.3 is 8.60 Å². The van der Waals surface area contributed by atoms with E-state index in [1.807, 2.05) is 0 Å². The fourth-order valence-electron chi connectivity index (χ4n) is 1.59. The highest BCUT2D eigenvalue weighted by molar-refractivity contribution is 7.41. The monoisotopic (exact) mass is 424 g/mol. The van der Waals surface area contributed by atoms with Gasteiger partial charge in [-0.05, 0) is 20.8 Å². The third-order valence-electron chi connectivity index (χ3n) is 2.89. The Morgan fingerprint density at radius 3 is 1.07 bits per heavy atom. The fraction of sp³-hybridized carbons (Fsp3) is 0.667. The minimum atomic E-state index is -2.28. The number of ether oxygens (including phenoxy) is 3. The summed E-state index contributed by atoms with van der Waals surface area (Å²) >= 11 is 0. The second-order valence-electron chi connectivity index (χ2n) is 5.73. The van der Waals surface area contributed by atoms with Crippen molar-refractivity contribution in [1.82, 2.24) is 0 Å². The lowest BCUT2D eigenvalue weighted by Gasteiger charge is -2.31. The Morgan fingerprint density at radius 1 is 0.643 bits per heavy atom. The molecule has 0 aliphatic carbocycles. The van der Waals surface area contributed by atoms with Gasteiger partial charge in [-0.15, -0.1) is 19.7 Å². The molecule has 0 aliphatic heterocycles. The molecule has 0 saturated heterocycles. The van der Waals surface area contributed by atoms with Gasteiger partial charge in [-0.1, -0.05) is 18.2 Å². The lowest BCUT2D eigenvalue weighted by molar-refractivity contribution is -0.189. The average Bonchev–Trinajstić information content (AvgIpc) is 2.63. The van der Waals surface area contributed by atoms with E-state index in [-0.39, 0.29) is 19.8 Å². The number of hydrogen-bond donors (Lipinski definition) is 3. The summed E-state index contributed by atoms with van der Waals surface area (Å²) in [4.78, 5) is 0.